The Morgan fingerprint density at radius 2 is 1.89 bits per heavy atom. The van der Waals surface area contributed by atoms with Gasteiger partial charge in [0, 0.05) is 18.9 Å². The molecule has 7 nitrogen and oxygen atoms in total. The molecule has 1 fully saturated rings. The van der Waals surface area contributed by atoms with E-state index in [4.69, 9.17) is 9.84 Å². The lowest BCUT2D eigenvalue weighted by molar-refractivity contribution is -0.147. The predicted octanol–water partition coefficient (Wildman–Crippen LogP) is -0.290. The van der Waals surface area contributed by atoms with E-state index in [9.17, 15) is 19.2 Å². The smallest absolute Gasteiger partial charge is 0.327 e. The fraction of sp³-hybridized carbons (Fsp3) is 0.455. The van der Waals surface area contributed by atoms with E-state index in [0.717, 1.165) is 17.1 Å². The van der Waals surface area contributed by atoms with Crippen LogP contribution < -0.4 is 0 Å². The molecule has 0 aromatic rings. The Balaban J connectivity index is 2.21. The van der Waals surface area contributed by atoms with Gasteiger partial charge in [-0.25, -0.2) is 4.79 Å². The second-order valence-electron chi connectivity index (χ2n) is 3.60. The maximum absolute atomic E-state index is 11.2. The van der Waals surface area contributed by atoms with Crippen molar-refractivity contribution in [2.75, 3.05) is 13.2 Å². The van der Waals surface area contributed by atoms with Crippen molar-refractivity contribution in [2.24, 2.45) is 0 Å². The normalized spacial score (nSPS) is 15.4. The van der Waals surface area contributed by atoms with Crippen LogP contribution in [0.15, 0.2) is 12.2 Å². The Kier molecular flexibility index (Phi) is 5.04. The second-order valence-corrected chi connectivity index (χ2v) is 3.60. The first-order valence-electron chi connectivity index (χ1n) is 5.39. The maximum Gasteiger partial charge on any atom is 0.327 e. The van der Waals surface area contributed by atoms with Crippen LogP contribution in [0.4, 0.5) is 0 Å². The number of carboxylic acid groups (broad SMARTS) is 1. The SMILES string of the molecule is O=C(O)/C=C/CC(=O)OCCN1C(=O)CCC1=O. The Bertz CT molecular complexity index is 384. The van der Waals surface area contributed by atoms with Gasteiger partial charge in [0.25, 0.3) is 0 Å². The summed E-state index contributed by atoms with van der Waals surface area (Å²) >= 11 is 0. The zero-order valence-electron chi connectivity index (χ0n) is 9.63. The van der Waals surface area contributed by atoms with Crippen molar-refractivity contribution in [2.45, 2.75) is 19.3 Å². The lowest BCUT2D eigenvalue weighted by Gasteiger charge is -2.13. The Morgan fingerprint density at radius 3 is 2.44 bits per heavy atom. The minimum atomic E-state index is -1.14. The van der Waals surface area contributed by atoms with Crippen LogP contribution in [0.5, 0.6) is 0 Å². The summed E-state index contributed by atoms with van der Waals surface area (Å²) in [5, 5.41) is 8.28. The van der Waals surface area contributed by atoms with E-state index >= 15 is 0 Å². The first-order valence-corrected chi connectivity index (χ1v) is 5.39. The van der Waals surface area contributed by atoms with E-state index in [2.05, 4.69) is 0 Å². The fourth-order valence-corrected chi connectivity index (χ4v) is 1.44. The van der Waals surface area contributed by atoms with Crippen molar-refractivity contribution in [1.29, 1.82) is 0 Å². The Morgan fingerprint density at radius 1 is 1.28 bits per heavy atom. The van der Waals surface area contributed by atoms with E-state index < -0.39 is 11.9 Å². The maximum atomic E-state index is 11.2. The Labute approximate surface area is 103 Å². The molecule has 2 amide bonds. The molecule has 0 atom stereocenters. The molecule has 0 aromatic heterocycles. The average molecular weight is 255 g/mol. The van der Waals surface area contributed by atoms with Crippen LogP contribution in [0.25, 0.3) is 0 Å². The van der Waals surface area contributed by atoms with Crippen LogP contribution >= 0.6 is 0 Å². The second kappa shape index (κ2) is 6.53. The average Bonchev–Trinajstić information content (AvgIpc) is 2.60. The van der Waals surface area contributed by atoms with Crippen molar-refractivity contribution in [1.82, 2.24) is 4.90 Å². The molecular formula is C11H13NO6. The van der Waals surface area contributed by atoms with Crippen LogP contribution in [0.2, 0.25) is 0 Å². The number of imide groups is 1. The molecule has 1 heterocycles. The quantitative estimate of drug-likeness (QED) is 0.397. The molecular weight excluding hydrogens is 242 g/mol. The van der Waals surface area contributed by atoms with E-state index in [0.29, 0.717) is 0 Å². The number of carbonyl (C=O) groups is 4. The summed E-state index contributed by atoms with van der Waals surface area (Å²) in [5.41, 5.74) is 0. The van der Waals surface area contributed by atoms with Crippen LogP contribution in [0, 0.1) is 0 Å². The van der Waals surface area contributed by atoms with Crippen molar-refractivity contribution >= 4 is 23.8 Å². The molecule has 0 unspecified atom stereocenters. The number of ether oxygens (including phenoxy) is 1. The minimum Gasteiger partial charge on any atom is -0.478 e. The molecule has 0 saturated carbocycles. The van der Waals surface area contributed by atoms with Crippen molar-refractivity contribution in [3.8, 4) is 0 Å². The van der Waals surface area contributed by atoms with Crippen molar-refractivity contribution in [3.05, 3.63) is 12.2 Å². The number of hydrogen-bond donors (Lipinski definition) is 1. The molecule has 0 aliphatic carbocycles. The third-order valence-electron chi connectivity index (χ3n) is 2.28. The molecule has 1 aliphatic rings. The summed E-state index contributed by atoms with van der Waals surface area (Å²) < 4.78 is 4.75. The number of amides is 2. The van der Waals surface area contributed by atoms with Crippen LogP contribution in [-0.2, 0) is 23.9 Å². The highest BCUT2D eigenvalue weighted by Crippen LogP contribution is 2.10. The van der Waals surface area contributed by atoms with Crippen LogP contribution in [0.3, 0.4) is 0 Å². The van der Waals surface area contributed by atoms with Gasteiger partial charge in [0.05, 0.1) is 13.0 Å². The predicted molar refractivity (Wildman–Crippen MR) is 58.3 cm³/mol. The molecule has 1 aliphatic heterocycles. The third-order valence-corrected chi connectivity index (χ3v) is 2.28. The first-order chi connectivity index (χ1) is 8.50. The van der Waals surface area contributed by atoms with Gasteiger partial charge >= 0.3 is 11.9 Å². The highest BCUT2D eigenvalue weighted by molar-refractivity contribution is 6.01. The number of aliphatic carboxylic acids is 1. The Hall–Kier alpha value is -2.18. The monoisotopic (exact) mass is 255 g/mol. The zero-order valence-corrected chi connectivity index (χ0v) is 9.63. The summed E-state index contributed by atoms with van der Waals surface area (Å²) in [5.74, 6) is -2.27. The van der Waals surface area contributed by atoms with E-state index in [1.807, 2.05) is 0 Å². The molecule has 0 bridgehead atoms. The number of carboxylic acids is 1. The highest BCUT2D eigenvalue weighted by atomic mass is 16.5. The van der Waals surface area contributed by atoms with E-state index in [-0.39, 0.29) is 44.2 Å². The van der Waals surface area contributed by atoms with E-state index in [1.165, 1.54) is 0 Å². The largest absolute Gasteiger partial charge is 0.478 e. The number of rotatable bonds is 6. The van der Waals surface area contributed by atoms with Gasteiger partial charge in [0.15, 0.2) is 0 Å². The zero-order chi connectivity index (χ0) is 13.5. The van der Waals surface area contributed by atoms with Crippen LogP contribution in [0.1, 0.15) is 19.3 Å². The van der Waals surface area contributed by atoms with Gasteiger partial charge in [-0.15, -0.1) is 0 Å². The number of esters is 1. The number of likely N-dealkylation sites (tertiary alicyclic amines) is 1. The molecule has 18 heavy (non-hydrogen) atoms. The van der Waals surface area contributed by atoms with Gasteiger partial charge in [-0.3, -0.25) is 19.3 Å². The molecule has 1 saturated heterocycles. The topological polar surface area (TPSA) is 101 Å². The summed E-state index contributed by atoms with van der Waals surface area (Å²) in [6.45, 7) is -0.0245. The summed E-state index contributed by atoms with van der Waals surface area (Å²) in [6, 6.07) is 0. The molecule has 98 valence electrons. The van der Waals surface area contributed by atoms with E-state index in [1.54, 1.807) is 0 Å². The number of nitrogens with zero attached hydrogens (tertiary/aromatic N) is 1. The van der Waals surface area contributed by atoms with Gasteiger partial charge in [0.2, 0.25) is 11.8 Å². The molecule has 0 aromatic carbocycles. The summed E-state index contributed by atoms with van der Waals surface area (Å²) in [6.07, 6.45) is 2.25. The van der Waals surface area contributed by atoms with Crippen LogP contribution in [-0.4, -0.2) is 46.9 Å². The lowest BCUT2D eigenvalue weighted by Crippen LogP contribution is -2.32. The van der Waals surface area contributed by atoms with Gasteiger partial charge in [-0.1, -0.05) is 6.08 Å². The van der Waals surface area contributed by atoms with Gasteiger partial charge in [-0.2, -0.15) is 0 Å². The summed E-state index contributed by atoms with van der Waals surface area (Å²) in [7, 11) is 0. The minimum absolute atomic E-state index is 0.0477. The first kappa shape index (κ1) is 13.9. The van der Waals surface area contributed by atoms with Gasteiger partial charge < -0.3 is 9.84 Å². The molecule has 0 spiro atoms. The molecule has 0 radical (unpaired) electrons. The third kappa shape index (κ3) is 4.36. The molecule has 7 heteroatoms. The highest BCUT2D eigenvalue weighted by Gasteiger charge is 2.28. The van der Waals surface area contributed by atoms with Gasteiger partial charge in [0.1, 0.15) is 6.61 Å². The fourth-order valence-electron chi connectivity index (χ4n) is 1.44. The molecule has 1 rings (SSSR count). The standard InChI is InChI=1S/C11H13NO6/c13-8-4-5-9(14)12(8)6-7-18-11(17)3-1-2-10(15)16/h1-2H,3-7H2,(H,15,16)/b2-1+. The number of hydrogen-bond acceptors (Lipinski definition) is 5. The van der Waals surface area contributed by atoms with Crippen molar-refractivity contribution in [3.63, 3.8) is 0 Å². The summed E-state index contributed by atoms with van der Waals surface area (Å²) in [4.78, 5) is 44.7. The van der Waals surface area contributed by atoms with Gasteiger partial charge in [-0.05, 0) is 0 Å². The van der Waals surface area contributed by atoms with Crippen molar-refractivity contribution < 1.29 is 29.0 Å². The molecule has 1 N–H and O–H groups in total. The number of carbonyl (C=O) groups excluding carboxylic acids is 3. The lowest BCUT2D eigenvalue weighted by atomic mass is 10.4.